The summed E-state index contributed by atoms with van der Waals surface area (Å²) < 4.78 is 5.93. The second-order valence-electron chi connectivity index (χ2n) is 4.44. The zero-order chi connectivity index (χ0) is 16.7. The molecule has 0 bridgehead atoms. The van der Waals surface area contributed by atoms with Gasteiger partial charge in [0.1, 0.15) is 5.75 Å². The van der Waals surface area contributed by atoms with Gasteiger partial charge in [-0.05, 0) is 29.8 Å². The molecule has 2 N–H and O–H groups in total. The van der Waals surface area contributed by atoms with E-state index in [1.54, 1.807) is 24.3 Å². The van der Waals surface area contributed by atoms with Crippen molar-refractivity contribution in [1.82, 2.24) is 5.43 Å². The second kappa shape index (κ2) is 8.09. The molecule has 0 aliphatic rings. The Labute approximate surface area is 141 Å². The number of carbonyl (C=O) groups excluding carboxylic acids is 2. The largest absolute Gasteiger partial charge is 0.497 e. The summed E-state index contributed by atoms with van der Waals surface area (Å²) >= 11 is 3.33. The summed E-state index contributed by atoms with van der Waals surface area (Å²) in [6, 6.07) is 14.0. The van der Waals surface area contributed by atoms with E-state index in [1.165, 1.54) is 13.3 Å². The third-order valence-corrected chi connectivity index (χ3v) is 3.26. The minimum absolute atomic E-state index is 0.459. The number of methoxy groups -OCH3 is 1. The molecule has 0 aliphatic heterocycles. The van der Waals surface area contributed by atoms with Gasteiger partial charge in [-0.2, -0.15) is 5.10 Å². The van der Waals surface area contributed by atoms with Crippen LogP contribution in [0.1, 0.15) is 5.56 Å². The van der Waals surface area contributed by atoms with Gasteiger partial charge in [0, 0.05) is 16.2 Å². The average Bonchev–Trinajstić information content (AvgIpc) is 2.55. The van der Waals surface area contributed by atoms with Gasteiger partial charge in [-0.1, -0.05) is 34.1 Å². The predicted molar refractivity (Wildman–Crippen MR) is 91.5 cm³/mol. The van der Waals surface area contributed by atoms with E-state index in [2.05, 4.69) is 31.8 Å². The van der Waals surface area contributed by atoms with Gasteiger partial charge in [0.05, 0.1) is 13.3 Å². The summed E-state index contributed by atoms with van der Waals surface area (Å²) in [5.74, 6) is -1.10. The monoisotopic (exact) mass is 375 g/mol. The number of benzene rings is 2. The van der Waals surface area contributed by atoms with Crippen LogP contribution in [0.5, 0.6) is 5.75 Å². The minimum atomic E-state index is -0.862. The molecule has 0 radical (unpaired) electrons. The fourth-order valence-electron chi connectivity index (χ4n) is 1.69. The Bertz CT molecular complexity index is 747. The van der Waals surface area contributed by atoms with Gasteiger partial charge >= 0.3 is 11.8 Å². The highest BCUT2D eigenvalue weighted by atomic mass is 79.9. The van der Waals surface area contributed by atoms with Gasteiger partial charge < -0.3 is 10.1 Å². The number of nitrogens with one attached hydrogen (secondary N) is 2. The first kappa shape index (κ1) is 16.7. The van der Waals surface area contributed by atoms with Crippen molar-refractivity contribution in [3.8, 4) is 5.75 Å². The van der Waals surface area contributed by atoms with Crippen LogP contribution in [0.2, 0.25) is 0 Å². The zero-order valence-electron chi connectivity index (χ0n) is 12.2. The number of rotatable bonds is 4. The number of nitrogens with zero attached hydrogens (tertiary/aromatic N) is 1. The molecular formula is C16H14BrN3O3. The van der Waals surface area contributed by atoms with Crippen LogP contribution in [-0.2, 0) is 9.59 Å². The van der Waals surface area contributed by atoms with E-state index in [0.29, 0.717) is 11.4 Å². The van der Waals surface area contributed by atoms with Crippen LogP contribution in [0.3, 0.4) is 0 Å². The molecule has 0 saturated carbocycles. The van der Waals surface area contributed by atoms with Crippen molar-refractivity contribution in [2.75, 3.05) is 12.4 Å². The molecule has 0 aromatic heterocycles. The maximum absolute atomic E-state index is 11.8. The van der Waals surface area contributed by atoms with Crippen molar-refractivity contribution in [3.05, 3.63) is 58.6 Å². The quantitative estimate of drug-likeness (QED) is 0.489. The van der Waals surface area contributed by atoms with Crippen molar-refractivity contribution < 1.29 is 14.3 Å². The molecule has 0 unspecified atom stereocenters. The molecule has 23 heavy (non-hydrogen) atoms. The van der Waals surface area contributed by atoms with Crippen LogP contribution in [0.4, 0.5) is 5.69 Å². The number of amides is 2. The molecule has 0 spiro atoms. The van der Waals surface area contributed by atoms with E-state index in [1.807, 2.05) is 24.3 Å². The Morgan fingerprint density at radius 3 is 2.65 bits per heavy atom. The Kier molecular flexibility index (Phi) is 5.87. The van der Waals surface area contributed by atoms with Gasteiger partial charge in [-0.25, -0.2) is 5.43 Å². The van der Waals surface area contributed by atoms with Gasteiger partial charge in [0.2, 0.25) is 0 Å². The highest BCUT2D eigenvalue weighted by Gasteiger charge is 2.12. The Morgan fingerprint density at radius 2 is 1.91 bits per heavy atom. The van der Waals surface area contributed by atoms with E-state index in [-0.39, 0.29) is 0 Å². The number of ether oxygens (including phenoxy) is 1. The number of anilines is 1. The first-order valence-corrected chi connectivity index (χ1v) is 7.42. The molecule has 0 heterocycles. The molecule has 6 nitrogen and oxygen atoms in total. The summed E-state index contributed by atoms with van der Waals surface area (Å²) in [6.07, 6.45) is 1.45. The van der Waals surface area contributed by atoms with Crippen LogP contribution in [0.15, 0.2) is 58.1 Å². The number of carbonyl (C=O) groups is 2. The molecule has 118 valence electrons. The first-order valence-electron chi connectivity index (χ1n) is 6.62. The summed E-state index contributed by atoms with van der Waals surface area (Å²) in [4.78, 5) is 23.4. The van der Waals surface area contributed by atoms with Gasteiger partial charge in [0.25, 0.3) is 0 Å². The SMILES string of the molecule is COc1cccc(NC(=O)C(=O)N/N=C/c2cccc(Br)c2)c1. The highest BCUT2D eigenvalue weighted by Crippen LogP contribution is 2.16. The predicted octanol–water partition coefficient (Wildman–Crippen LogP) is 2.55. The van der Waals surface area contributed by atoms with Crippen LogP contribution >= 0.6 is 15.9 Å². The number of halogens is 1. The first-order chi connectivity index (χ1) is 11.1. The van der Waals surface area contributed by atoms with Crippen molar-refractivity contribution in [1.29, 1.82) is 0 Å². The van der Waals surface area contributed by atoms with E-state index in [0.717, 1.165) is 10.0 Å². The number of hydrazone groups is 1. The lowest BCUT2D eigenvalue weighted by molar-refractivity contribution is -0.136. The summed E-state index contributed by atoms with van der Waals surface area (Å²) in [6.45, 7) is 0. The summed E-state index contributed by atoms with van der Waals surface area (Å²) in [5, 5.41) is 6.21. The lowest BCUT2D eigenvalue weighted by Gasteiger charge is -2.05. The molecule has 2 amide bonds. The van der Waals surface area contributed by atoms with Crippen LogP contribution in [-0.4, -0.2) is 25.1 Å². The van der Waals surface area contributed by atoms with Gasteiger partial charge in [-0.15, -0.1) is 0 Å². The molecule has 2 aromatic rings. The van der Waals surface area contributed by atoms with E-state index in [9.17, 15) is 9.59 Å². The van der Waals surface area contributed by atoms with Crippen LogP contribution < -0.4 is 15.5 Å². The second-order valence-corrected chi connectivity index (χ2v) is 5.36. The maximum atomic E-state index is 11.8. The fraction of sp³-hybridized carbons (Fsp3) is 0.0625. The molecule has 7 heteroatoms. The molecule has 2 rings (SSSR count). The number of hydrogen-bond donors (Lipinski definition) is 2. The van der Waals surface area contributed by atoms with Crippen molar-refractivity contribution in [3.63, 3.8) is 0 Å². The van der Waals surface area contributed by atoms with E-state index < -0.39 is 11.8 Å². The molecular weight excluding hydrogens is 362 g/mol. The molecule has 0 saturated heterocycles. The fourth-order valence-corrected chi connectivity index (χ4v) is 2.11. The number of hydrogen-bond acceptors (Lipinski definition) is 4. The van der Waals surface area contributed by atoms with Gasteiger partial charge in [0.15, 0.2) is 0 Å². The highest BCUT2D eigenvalue weighted by molar-refractivity contribution is 9.10. The Balaban J connectivity index is 1.91. The summed E-state index contributed by atoms with van der Waals surface area (Å²) in [5.41, 5.74) is 3.41. The summed E-state index contributed by atoms with van der Waals surface area (Å²) in [7, 11) is 1.52. The molecule has 0 atom stereocenters. The third kappa shape index (κ3) is 5.23. The van der Waals surface area contributed by atoms with E-state index >= 15 is 0 Å². The van der Waals surface area contributed by atoms with Crippen molar-refractivity contribution >= 4 is 39.6 Å². The van der Waals surface area contributed by atoms with Crippen molar-refractivity contribution in [2.24, 2.45) is 5.10 Å². The zero-order valence-corrected chi connectivity index (χ0v) is 13.8. The van der Waals surface area contributed by atoms with Crippen molar-refractivity contribution in [2.45, 2.75) is 0 Å². The lowest BCUT2D eigenvalue weighted by Crippen LogP contribution is -2.32. The lowest BCUT2D eigenvalue weighted by atomic mass is 10.2. The van der Waals surface area contributed by atoms with Gasteiger partial charge in [-0.3, -0.25) is 9.59 Å². The molecule has 0 fully saturated rings. The van der Waals surface area contributed by atoms with Crippen LogP contribution in [0.25, 0.3) is 0 Å². The standard InChI is InChI=1S/C16H14BrN3O3/c1-23-14-7-3-6-13(9-14)19-15(21)16(22)20-18-10-11-4-2-5-12(17)8-11/h2-10H,1H3,(H,19,21)(H,20,22)/b18-10+. The molecule has 0 aliphatic carbocycles. The topological polar surface area (TPSA) is 79.8 Å². The normalized spacial score (nSPS) is 10.3. The average molecular weight is 376 g/mol. The van der Waals surface area contributed by atoms with Crippen LogP contribution in [0, 0.1) is 0 Å². The Morgan fingerprint density at radius 1 is 1.13 bits per heavy atom. The Hall–Kier alpha value is -2.67. The minimum Gasteiger partial charge on any atom is -0.497 e. The van der Waals surface area contributed by atoms with E-state index in [4.69, 9.17) is 4.74 Å². The molecule has 2 aromatic carbocycles. The smallest absolute Gasteiger partial charge is 0.329 e. The maximum Gasteiger partial charge on any atom is 0.329 e. The third-order valence-electron chi connectivity index (χ3n) is 2.76.